The zero-order chi connectivity index (χ0) is 50.2. The summed E-state index contributed by atoms with van der Waals surface area (Å²) >= 11 is 0. The van der Waals surface area contributed by atoms with Gasteiger partial charge >= 0.3 is 12.2 Å². The number of benzene rings is 5. The summed E-state index contributed by atoms with van der Waals surface area (Å²) in [5.41, 5.74) is 10.8. The number of likely N-dealkylation sites (tertiary alicyclic amines) is 2. The average Bonchev–Trinajstić information content (AvgIpc) is 4.31. The van der Waals surface area contributed by atoms with Gasteiger partial charge in [-0.25, -0.2) is 19.6 Å². The number of ether oxygens (including phenoxy) is 2. The van der Waals surface area contributed by atoms with Gasteiger partial charge in [0.1, 0.15) is 23.7 Å². The van der Waals surface area contributed by atoms with Crippen molar-refractivity contribution in [1.82, 2.24) is 40.4 Å². The minimum atomic E-state index is -0.967. The summed E-state index contributed by atoms with van der Waals surface area (Å²) in [6, 6.07) is 34.6. The van der Waals surface area contributed by atoms with Gasteiger partial charge in [0.25, 0.3) is 17.4 Å². The van der Waals surface area contributed by atoms with Crippen molar-refractivity contribution >= 4 is 34.9 Å². The van der Waals surface area contributed by atoms with Crippen LogP contribution in [-0.2, 0) is 31.9 Å². The van der Waals surface area contributed by atoms with Crippen LogP contribution in [0.3, 0.4) is 0 Å². The van der Waals surface area contributed by atoms with Crippen molar-refractivity contribution in [2.75, 3.05) is 27.3 Å². The summed E-state index contributed by atoms with van der Waals surface area (Å²) in [7, 11) is 2.55. The predicted molar refractivity (Wildman–Crippen MR) is 276 cm³/mol. The molecule has 2 saturated heterocycles. The molecule has 73 heavy (non-hydrogen) atoms. The molecule has 0 radical (unpaired) electrons. The van der Waals surface area contributed by atoms with Crippen molar-refractivity contribution in [3.8, 4) is 33.5 Å². The van der Waals surface area contributed by atoms with E-state index in [9.17, 15) is 24.0 Å². The number of hydrogen-bond acceptors (Lipinski definition) is 9. The highest BCUT2D eigenvalue weighted by molar-refractivity contribution is 5.89. The maximum Gasteiger partial charge on any atom is 0.407 e. The molecule has 1 spiro atoms. The lowest BCUT2D eigenvalue weighted by molar-refractivity contribution is -0.135. The molecule has 4 unspecified atom stereocenters. The smallest absolute Gasteiger partial charge is 0.407 e. The minimum absolute atomic E-state index is 0.215. The van der Waals surface area contributed by atoms with E-state index in [0.717, 1.165) is 60.1 Å². The van der Waals surface area contributed by atoms with E-state index >= 15 is 0 Å². The van der Waals surface area contributed by atoms with E-state index in [1.807, 2.05) is 66.9 Å². The first-order chi connectivity index (χ1) is 35.6. The van der Waals surface area contributed by atoms with Gasteiger partial charge in [0.05, 0.1) is 49.1 Å². The fourth-order valence-electron chi connectivity index (χ4n) is 12.1. The van der Waals surface area contributed by atoms with Crippen molar-refractivity contribution in [2.24, 2.45) is 5.41 Å². The molecular weight excluding hydrogens is 921 g/mol. The van der Waals surface area contributed by atoms with E-state index < -0.39 is 30.3 Å². The van der Waals surface area contributed by atoms with Crippen LogP contribution in [-0.4, -0.2) is 81.0 Å². The van der Waals surface area contributed by atoms with E-state index in [0.29, 0.717) is 53.2 Å². The Kier molecular flexibility index (Phi) is 12.9. The number of nitrogens with one attached hydrogen (secondary N) is 4. The Morgan fingerprint density at radius 3 is 1.71 bits per heavy atom. The Bertz CT molecular complexity index is 3280. The molecule has 4 N–H and O–H groups in total. The summed E-state index contributed by atoms with van der Waals surface area (Å²) in [6.45, 7) is 0.998. The van der Waals surface area contributed by atoms with Crippen LogP contribution in [0.25, 0.3) is 44.4 Å². The van der Waals surface area contributed by atoms with Crippen LogP contribution in [0.2, 0.25) is 0 Å². The topological polar surface area (TPSA) is 192 Å². The van der Waals surface area contributed by atoms with Gasteiger partial charge in [-0.15, -0.1) is 0 Å². The number of nitrogens with zero attached hydrogens (tertiary/aromatic N) is 4. The third-order valence-corrected chi connectivity index (χ3v) is 15.7. The first-order valence-electron chi connectivity index (χ1n) is 25.3. The lowest BCUT2D eigenvalue weighted by atomic mass is 9.82. The van der Waals surface area contributed by atoms with Crippen LogP contribution < -0.4 is 16.2 Å². The van der Waals surface area contributed by atoms with Crippen LogP contribution >= 0.6 is 0 Å². The monoisotopic (exact) mass is 978 g/mol. The maximum atomic E-state index is 14.2. The Labute approximate surface area is 422 Å². The summed E-state index contributed by atoms with van der Waals surface area (Å²) < 4.78 is 9.74. The molecule has 15 nitrogen and oxygen atoms in total. The third-order valence-electron chi connectivity index (χ3n) is 15.7. The standard InChI is InChI=1S/C58H58N8O7/c1-72-56(70)62-49(37-13-5-3-6-14-37)54(68)65-29-11-17-47(65)51-59-34-46(61-51)36-21-19-35(20-22-36)40-24-25-41(44-33-58(32-43(40)44)27-9-10-28-58)39-23-26-45-42(31-39)53(67)64-52(60-45)48-18-12-30-66(48)55(69)50(63-57(71)73-2)38-15-7-4-8-16-38/h3-8,13-16,19-26,31,34,47-50H,9-12,17-18,27-30,32-33H2,1-2H3,(H,59,61)(H,62,70)(H,63,71)(H,60,64,67). The second-order valence-corrected chi connectivity index (χ2v) is 20.0. The zero-order valence-electron chi connectivity index (χ0n) is 41.0. The molecular formula is C58H58N8O7. The molecule has 15 heteroatoms. The van der Waals surface area contributed by atoms with Gasteiger partial charge < -0.3 is 39.9 Å². The molecule has 11 rings (SSSR count). The number of aromatic nitrogens is 4. The number of alkyl carbamates (subject to hydrolysis) is 2. The molecule has 0 bridgehead atoms. The van der Waals surface area contributed by atoms with Crippen LogP contribution in [0.15, 0.2) is 126 Å². The number of imidazole rings is 1. The number of carbonyl (C=O) groups is 4. The van der Waals surface area contributed by atoms with E-state index in [2.05, 4.69) is 63.1 Å². The van der Waals surface area contributed by atoms with Crippen molar-refractivity contribution in [2.45, 2.75) is 88.4 Å². The molecule has 4 aliphatic rings. The molecule has 4 heterocycles. The Morgan fingerprint density at radius 1 is 0.630 bits per heavy atom. The summed E-state index contributed by atoms with van der Waals surface area (Å²) in [5.74, 6) is 0.608. The molecule has 2 aromatic heterocycles. The quantitative estimate of drug-likeness (QED) is 0.0977. The van der Waals surface area contributed by atoms with Crippen molar-refractivity contribution in [1.29, 1.82) is 0 Å². The van der Waals surface area contributed by atoms with Gasteiger partial charge in [0.15, 0.2) is 0 Å². The highest BCUT2D eigenvalue weighted by atomic mass is 16.5. The molecule has 1 saturated carbocycles. The number of aromatic amines is 2. The number of methoxy groups -OCH3 is 2. The fraction of sp³-hybridized carbons (Fsp3) is 0.328. The number of carbonyl (C=O) groups excluding carboxylic acids is 4. The zero-order valence-corrected chi connectivity index (χ0v) is 41.0. The molecule has 4 atom stereocenters. The molecule has 2 aliphatic heterocycles. The van der Waals surface area contributed by atoms with Gasteiger partial charge in [-0.1, -0.05) is 116 Å². The molecule has 372 valence electrons. The minimum Gasteiger partial charge on any atom is -0.453 e. The molecule has 3 fully saturated rings. The van der Waals surface area contributed by atoms with Crippen LogP contribution in [0.4, 0.5) is 9.59 Å². The predicted octanol–water partition coefficient (Wildman–Crippen LogP) is 9.83. The highest BCUT2D eigenvalue weighted by Crippen LogP contribution is 2.53. The van der Waals surface area contributed by atoms with Crippen molar-refractivity contribution < 1.29 is 28.7 Å². The third kappa shape index (κ3) is 9.12. The van der Waals surface area contributed by atoms with Gasteiger partial charge in [0, 0.05) is 13.1 Å². The fourth-order valence-corrected chi connectivity index (χ4v) is 12.1. The van der Waals surface area contributed by atoms with Gasteiger partial charge in [0.2, 0.25) is 0 Å². The highest BCUT2D eigenvalue weighted by Gasteiger charge is 2.42. The van der Waals surface area contributed by atoms with Gasteiger partial charge in [-0.05, 0) is 119 Å². The van der Waals surface area contributed by atoms with Crippen molar-refractivity contribution in [3.05, 3.63) is 166 Å². The maximum absolute atomic E-state index is 14.2. The number of fused-ring (bicyclic) bond motifs is 2. The van der Waals surface area contributed by atoms with Gasteiger partial charge in [-0.3, -0.25) is 14.4 Å². The molecule has 5 aromatic carbocycles. The Hall–Kier alpha value is -8.07. The van der Waals surface area contributed by atoms with Crippen molar-refractivity contribution in [3.63, 3.8) is 0 Å². The summed E-state index contributed by atoms with van der Waals surface area (Å²) in [4.78, 5) is 86.9. The SMILES string of the molecule is COC(=O)NC(C(=O)N1CCCC1c1ncc(-c2ccc(-c3ccc(-c4ccc5nc(C6CCCN6C(=O)C(NC(=O)OC)c6ccccc6)[nH]c(=O)c5c4)c4c3CC3(CCCC3)C4)cc2)[nH]1)c1ccccc1. The van der Waals surface area contributed by atoms with Crippen LogP contribution in [0.5, 0.6) is 0 Å². The van der Waals surface area contributed by atoms with E-state index in [-0.39, 0.29) is 28.8 Å². The lowest BCUT2D eigenvalue weighted by Gasteiger charge is -2.29. The Morgan fingerprint density at radius 2 is 1.15 bits per heavy atom. The second-order valence-electron chi connectivity index (χ2n) is 20.0. The van der Waals surface area contributed by atoms with E-state index in [4.69, 9.17) is 19.4 Å². The van der Waals surface area contributed by atoms with Crippen LogP contribution in [0, 0.1) is 5.41 Å². The molecule has 2 aliphatic carbocycles. The largest absolute Gasteiger partial charge is 0.453 e. The Balaban J connectivity index is 0.848. The average molecular weight is 979 g/mol. The normalized spacial score (nSPS) is 18.7. The van der Waals surface area contributed by atoms with Crippen LogP contribution in [0.1, 0.15) is 109 Å². The lowest BCUT2D eigenvalue weighted by Crippen LogP contribution is -2.43. The number of hydrogen-bond donors (Lipinski definition) is 4. The first kappa shape index (κ1) is 47.3. The molecule has 4 amide bonds. The first-order valence-corrected chi connectivity index (χ1v) is 25.3. The summed E-state index contributed by atoms with van der Waals surface area (Å²) in [6.07, 6.45) is 10.1. The number of H-pyrrole nitrogens is 2. The second kappa shape index (κ2) is 19.9. The summed E-state index contributed by atoms with van der Waals surface area (Å²) in [5, 5.41) is 5.92. The van der Waals surface area contributed by atoms with Gasteiger partial charge in [-0.2, -0.15) is 0 Å². The van der Waals surface area contributed by atoms with E-state index in [1.165, 1.54) is 56.6 Å². The van der Waals surface area contributed by atoms with E-state index in [1.54, 1.807) is 21.9 Å². The number of amides is 4. The molecule has 7 aromatic rings. The number of rotatable bonds is 11.